The predicted molar refractivity (Wildman–Crippen MR) is 55.9 cm³/mol. The molecule has 0 aliphatic heterocycles. The number of aromatic nitrogens is 1. The van der Waals surface area contributed by atoms with E-state index in [2.05, 4.69) is 9.72 Å². The van der Waals surface area contributed by atoms with Crippen molar-refractivity contribution >= 4 is 28.3 Å². The van der Waals surface area contributed by atoms with Crippen LogP contribution in [0, 0.1) is 0 Å². The fraction of sp³-hybridized carbons (Fsp3) is 0.375. The molecule has 0 aromatic carbocycles. The maximum absolute atomic E-state index is 11.8. The Labute approximate surface area is 103 Å². The van der Waals surface area contributed by atoms with Crippen LogP contribution in [0.3, 0.4) is 0 Å². The summed E-state index contributed by atoms with van der Waals surface area (Å²) >= 11 is 0.851. The lowest BCUT2D eigenvalue weighted by Crippen LogP contribution is -2.40. The molecule has 0 spiro atoms. The highest BCUT2D eigenvalue weighted by molar-refractivity contribution is 7.13. The van der Waals surface area contributed by atoms with Crippen molar-refractivity contribution in [1.82, 2.24) is 10.4 Å². The number of carbonyl (C=O) groups is 2. The van der Waals surface area contributed by atoms with Crippen LogP contribution in [0.2, 0.25) is 0 Å². The lowest BCUT2D eigenvalue weighted by atomic mass is 10.5. The van der Waals surface area contributed by atoms with Gasteiger partial charge in [-0.25, -0.2) is 9.78 Å². The fourth-order valence-electron chi connectivity index (χ4n) is 0.811. The summed E-state index contributed by atoms with van der Waals surface area (Å²) in [6.45, 7) is 1.76. The number of hydrogen-bond donors (Lipinski definition) is 2. The second-order valence-electron chi connectivity index (χ2n) is 2.84. The first-order valence-corrected chi connectivity index (χ1v) is 5.48. The molecule has 6 nitrogen and oxygen atoms in total. The van der Waals surface area contributed by atoms with Gasteiger partial charge in [-0.3, -0.25) is 15.6 Å². The van der Waals surface area contributed by atoms with Crippen molar-refractivity contribution in [2.45, 2.75) is 13.1 Å². The van der Waals surface area contributed by atoms with Crippen molar-refractivity contribution in [2.24, 2.45) is 0 Å². The summed E-state index contributed by atoms with van der Waals surface area (Å²) in [6, 6.07) is 0. The van der Waals surface area contributed by atoms with Gasteiger partial charge in [0.15, 0.2) is 5.69 Å². The number of ether oxygens (including phenoxy) is 1. The quantitative estimate of drug-likeness (QED) is 0.643. The molecule has 10 heteroatoms. The van der Waals surface area contributed by atoms with E-state index in [9.17, 15) is 22.8 Å². The summed E-state index contributed by atoms with van der Waals surface area (Å²) in [4.78, 5) is 25.3. The highest BCUT2D eigenvalue weighted by atomic mass is 32.1. The van der Waals surface area contributed by atoms with Gasteiger partial charge in [0.1, 0.15) is 0 Å². The molecule has 18 heavy (non-hydrogen) atoms. The minimum absolute atomic E-state index is 0.0504. The van der Waals surface area contributed by atoms with E-state index in [0.717, 1.165) is 11.3 Å². The number of rotatable bonds is 4. The monoisotopic (exact) mass is 283 g/mol. The van der Waals surface area contributed by atoms with E-state index in [4.69, 9.17) is 0 Å². The predicted octanol–water partition coefficient (Wildman–Crippen LogP) is 1.33. The van der Waals surface area contributed by atoms with Crippen LogP contribution in [0.5, 0.6) is 0 Å². The first kappa shape index (κ1) is 14.2. The Kier molecular flexibility index (Phi) is 4.48. The molecule has 0 atom stereocenters. The van der Waals surface area contributed by atoms with Gasteiger partial charge in [0.2, 0.25) is 5.13 Å². The van der Waals surface area contributed by atoms with E-state index in [1.807, 2.05) is 5.43 Å². The number of anilines is 1. The van der Waals surface area contributed by atoms with Crippen LogP contribution in [-0.4, -0.2) is 29.6 Å². The van der Waals surface area contributed by atoms with Crippen molar-refractivity contribution in [3.05, 3.63) is 11.1 Å². The molecule has 0 saturated carbocycles. The van der Waals surface area contributed by atoms with Crippen molar-refractivity contribution in [3.63, 3.8) is 0 Å². The van der Waals surface area contributed by atoms with Gasteiger partial charge in [0.25, 0.3) is 0 Å². The van der Waals surface area contributed by atoms with E-state index in [1.165, 1.54) is 10.8 Å². The van der Waals surface area contributed by atoms with Gasteiger partial charge in [0.05, 0.1) is 6.61 Å². The zero-order valence-electron chi connectivity index (χ0n) is 9.00. The molecular formula is C8H8F3N3O3S. The van der Waals surface area contributed by atoms with Crippen LogP contribution in [0.25, 0.3) is 0 Å². The number of nitrogens with one attached hydrogen (secondary N) is 2. The van der Waals surface area contributed by atoms with Crippen LogP contribution in [0.4, 0.5) is 18.3 Å². The maximum atomic E-state index is 11.8. The summed E-state index contributed by atoms with van der Waals surface area (Å²) in [5, 5.41) is 1.23. The van der Waals surface area contributed by atoms with Crippen LogP contribution in [0.1, 0.15) is 17.4 Å². The Morgan fingerprint density at radius 3 is 2.72 bits per heavy atom. The Bertz CT molecular complexity index is 446. The number of hydrazine groups is 1. The molecule has 1 aromatic rings. The Morgan fingerprint density at radius 1 is 1.50 bits per heavy atom. The van der Waals surface area contributed by atoms with Gasteiger partial charge < -0.3 is 4.74 Å². The number of amides is 1. The highest BCUT2D eigenvalue weighted by Gasteiger charge is 2.38. The molecule has 1 amide bonds. The zero-order valence-corrected chi connectivity index (χ0v) is 9.82. The van der Waals surface area contributed by atoms with E-state index in [1.54, 1.807) is 6.92 Å². The summed E-state index contributed by atoms with van der Waals surface area (Å²) in [5.41, 5.74) is 3.30. The second kappa shape index (κ2) is 5.67. The second-order valence-corrected chi connectivity index (χ2v) is 3.69. The van der Waals surface area contributed by atoms with E-state index < -0.39 is 18.1 Å². The van der Waals surface area contributed by atoms with Gasteiger partial charge >= 0.3 is 18.1 Å². The maximum Gasteiger partial charge on any atom is 0.472 e. The largest absolute Gasteiger partial charge is 0.472 e. The summed E-state index contributed by atoms with van der Waals surface area (Å²) < 4.78 is 40.2. The van der Waals surface area contributed by atoms with Gasteiger partial charge in [0, 0.05) is 5.38 Å². The number of nitrogens with zero attached hydrogens (tertiary/aromatic N) is 1. The van der Waals surface area contributed by atoms with E-state index in [0.29, 0.717) is 0 Å². The SMILES string of the molecule is CCOC(=O)c1csc(NNC(=O)C(F)(F)F)n1. The number of alkyl halides is 3. The average molecular weight is 283 g/mol. The van der Waals surface area contributed by atoms with Gasteiger partial charge in [-0.05, 0) is 6.92 Å². The molecule has 0 saturated heterocycles. The topological polar surface area (TPSA) is 80.3 Å². The molecule has 0 fully saturated rings. The summed E-state index contributed by atoms with van der Waals surface area (Å²) in [7, 11) is 0. The summed E-state index contributed by atoms with van der Waals surface area (Å²) in [5.74, 6) is -2.85. The Morgan fingerprint density at radius 2 is 2.17 bits per heavy atom. The molecule has 1 heterocycles. The van der Waals surface area contributed by atoms with Crippen molar-refractivity contribution in [2.75, 3.05) is 12.0 Å². The molecule has 0 aliphatic carbocycles. The average Bonchev–Trinajstić information content (AvgIpc) is 2.73. The minimum Gasteiger partial charge on any atom is -0.461 e. The molecule has 0 bridgehead atoms. The van der Waals surface area contributed by atoms with Crippen LogP contribution in [-0.2, 0) is 9.53 Å². The van der Waals surface area contributed by atoms with E-state index in [-0.39, 0.29) is 17.4 Å². The minimum atomic E-state index is -4.99. The molecule has 100 valence electrons. The summed E-state index contributed by atoms with van der Waals surface area (Å²) in [6.07, 6.45) is -4.99. The van der Waals surface area contributed by atoms with E-state index >= 15 is 0 Å². The molecule has 0 radical (unpaired) electrons. The smallest absolute Gasteiger partial charge is 0.461 e. The molecule has 2 N–H and O–H groups in total. The third-order valence-electron chi connectivity index (χ3n) is 1.53. The molecule has 0 unspecified atom stereocenters. The van der Waals surface area contributed by atoms with Crippen LogP contribution >= 0.6 is 11.3 Å². The highest BCUT2D eigenvalue weighted by Crippen LogP contribution is 2.17. The Balaban J connectivity index is 2.55. The molecule has 1 aromatic heterocycles. The zero-order chi connectivity index (χ0) is 13.8. The lowest BCUT2D eigenvalue weighted by Gasteiger charge is -2.07. The van der Waals surface area contributed by atoms with Crippen LogP contribution in [0.15, 0.2) is 5.38 Å². The number of halogens is 3. The van der Waals surface area contributed by atoms with Crippen molar-refractivity contribution < 1.29 is 27.5 Å². The standard InChI is InChI=1S/C8H8F3N3O3S/c1-2-17-5(15)4-3-18-7(12-4)14-13-6(16)8(9,10)11/h3H,2H2,1H3,(H,12,14)(H,13,16). The molecular weight excluding hydrogens is 275 g/mol. The van der Waals surface area contributed by atoms with Crippen LogP contribution < -0.4 is 10.9 Å². The number of carbonyl (C=O) groups excluding carboxylic acids is 2. The van der Waals surface area contributed by atoms with Gasteiger partial charge in [-0.2, -0.15) is 13.2 Å². The number of hydrogen-bond acceptors (Lipinski definition) is 6. The Hall–Kier alpha value is -1.84. The molecule has 0 aliphatic rings. The van der Waals surface area contributed by atoms with Crippen molar-refractivity contribution in [3.8, 4) is 0 Å². The first-order valence-electron chi connectivity index (χ1n) is 4.60. The number of thiazole rings is 1. The molecule has 1 rings (SSSR count). The van der Waals surface area contributed by atoms with Crippen molar-refractivity contribution in [1.29, 1.82) is 0 Å². The van der Waals surface area contributed by atoms with Gasteiger partial charge in [-0.1, -0.05) is 0 Å². The van der Waals surface area contributed by atoms with Gasteiger partial charge in [-0.15, -0.1) is 11.3 Å². The lowest BCUT2D eigenvalue weighted by molar-refractivity contribution is -0.173. The fourth-order valence-corrected chi connectivity index (χ4v) is 1.44. The first-order chi connectivity index (χ1) is 8.34. The third kappa shape index (κ3) is 3.87. The normalized spacial score (nSPS) is 10.9. The third-order valence-corrected chi connectivity index (χ3v) is 2.29. The number of esters is 1.